The summed E-state index contributed by atoms with van der Waals surface area (Å²) >= 11 is 1.51. The van der Waals surface area contributed by atoms with E-state index in [1.807, 2.05) is 40.0 Å². The summed E-state index contributed by atoms with van der Waals surface area (Å²) in [6.07, 6.45) is 3.18. The molecule has 0 radical (unpaired) electrons. The van der Waals surface area contributed by atoms with Crippen LogP contribution in [-0.4, -0.2) is 84.2 Å². The van der Waals surface area contributed by atoms with E-state index in [-0.39, 0.29) is 37.7 Å². The number of nitrogens with two attached hydrogens (primary N) is 1. The van der Waals surface area contributed by atoms with Crippen molar-refractivity contribution >= 4 is 41.5 Å². The zero-order valence-corrected chi connectivity index (χ0v) is 27.4. The van der Waals surface area contributed by atoms with Gasteiger partial charge in [0.05, 0.1) is 6.61 Å². The Morgan fingerprint density at radius 1 is 0.795 bits per heavy atom. The van der Waals surface area contributed by atoms with Gasteiger partial charge in [-0.05, 0) is 68.1 Å². The molecule has 1 aromatic rings. The molecule has 1 rings (SSSR count). The van der Waals surface area contributed by atoms with Crippen LogP contribution in [0.1, 0.15) is 65.4 Å². The summed E-state index contributed by atoms with van der Waals surface area (Å²) in [5.74, 6) is -2.26. The zero-order chi connectivity index (χ0) is 33.1. The van der Waals surface area contributed by atoms with E-state index in [0.717, 1.165) is 5.56 Å². The van der Waals surface area contributed by atoms with Gasteiger partial charge in [0.1, 0.15) is 24.2 Å². The summed E-state index contributed by atoms with van der Waals surface area (Å²) in [5.41, 5.74) is 6.29. The maximum Gasteiger partial charge on any atom is 0.407 e. The van der Waals surface area contributed by atoms with Crippen LogP contribution in [0.3, 0.4) is 0 Å². The fourth-order valence-corrected chi connectivity index (χ4v) is 4.73. The zero-order valence-electron chi connectivity index (χ0n) is 26.6. The second kappa shape index (κ2) is 21.4. The summed E-state index contributed by atoms with van der Waals surface area (Å²) in [7, 11) is 0. The average Bonchev–Trinajstić information content (AvgIpc) is 2.97. The largest absolute Gasteiger partial charge is 0.480 e. The van der Waals surface area contributed by atoms with E-state index in [0.29, 0.717) is 31.6 Å². The number of carboxylic acids is 1. The maximum absolute atomic E-state index is 13.6. The lowest BCUT2D eigenvalue weighted by Crippen LogP contribution is -2.58. The van der Waals surface area contributed by atoms with Crippen molar-refractivity contribution in [3.63, 3.8) is 0 Å². The van der Waals surface area contributed by atoms with Crippen molar-refractivity contribution in [2.24, 2.45) is 17.6 Å². The number of benzene rings is 1. The quantitative estimate of drug-likeness (QED) is 0.110. The fourth-order valence-electron chi connectivity index (χ4n) is 4.26. The molecule has 44 heavy (non-hydrogen) atoms. The van der Waals surface area contributed by atoms with Crippen molar-refractivity contribution in [3.05, 3.63) is 35.9 Å². The molecular weight excluding hydrogens is 586 g/mol. The lowest BCUT2D eigenvalue weighted by atomic mass is 10.00. The van der Waals surface area contributed by atoms with Gasteiger partial charge >= 0.3 is 12.1 Å². The summed E-state index contributed by atoms with van der Waals surface area (Å²) in [6, 6.07) is 4.83. The van der Waals surface area contributed by atoms with E-state index in [1.54, 1.807) is 24.3 Å². The molecule has 0 saturated heterocycles. The summed E-state index contributed by atoms with van der Waals surface area (Å²) in [6.45, 7) is 8.19. The van der Waals surface area contributed by atoms with Crippen LogP contribution in [0.2, 0.25) is 0 Å². The highest BCUT2D eigenvalue weighted by Crippen LogP contribution is 2.11. The van der Waals surface area contributed by atoms with Crippen molar-refractivity contribution in [2.45, 2.75) is 90.4 Å². The van der Waals surface area contributed by atoms with Gasteiger partial charge in [-0.25, -0.2) is 9.59 Å². The Morgan fingerprint density at radius 3 is 1.95 bits per heavy atom. The van der Waals surface area contributed by atoms with E-state index in [1.165, 1.54) is 11.8 Å². The molecular formula is C31H51N5O7S. The first-order chi connectivity index (χ1) is 20.9. The summed E-state index contributed by atoms with van der Waals surface area (Å²) < 4.78 is 5.19. The first kappa shape index (κ1) is 38.7. The van der Waals surface area contributed by atoms with E-state index in [4.69, 9.17) is 10.5 Å². The van der Waals surface area contributed by atoms with Crippen molar-refractivity contribution in [2.75, 3.05) is 25.2 Å². The third kappa shape index (κ3) is 15.9. The number of carboxylic acid groups (broad SMARTS) is 1. The van der Waals surface area contributed by atoms with E-state index in [2.05, 4.69) is 21.3 Å². The second-order valence-corrected chi connectivity index (χ2v) is 12.6. The number of hydrogen-bond acceptors (Lipinski definition) is 8. The predicted octanol–water partition coefficient (Wildman–Crippen LogP) is 2.45. The number of carbonyl (C=O) groups excluding carboxylic acids is 4. The molecule has 4 atom stereocenters. The van der Waals surface area contributed by atoms with E-state index >= 15 is 0 Å². The molecule has 7 N–H and O–H groups in total. The third-order valence-corrected chi connectivity index (χ3v) is 7.23. The van der Waals surface area contributed by atoms with Gasteiger partial charge in [-0.1, -0.05) is 58.0 Å². The van der Waals surface area contributed by atoms with Gasteiger partial charge < -0.3 is 36.8 Å². The number of hydrogen-bond donors (Lipinski definition) is 6. The lowest BCUT2D eigenvalue weighted by Gasteiger charge is -2.27. The molecule has 1 aromatic carbocycles. The van der Waals surface area contributed by atoms with Crippen molar-refractivity contribution < 1.29 is 33.8 Å². The minimum absolute atomic E-state index is 0.000000407. The standard InChI is InChI=1S/C31H51N5O7S/c1-20(2)17-25(34-27(37)23(14-16-44-5)36-31(42)43-19-21(3)4)28(38)35-26(18-22-11-7-6-8-12-22)29(39)33-24(30(40)41)13-9-10-15-32/h6-8,11-12,20-21,23-26H,9-10,13-19,32H2,1-5H3,(H,33,39)(H,34,37)(H,35,38)(H,36,42)(H,40,41). The fraction of sp³-hybridized carbons (Fsp3) is 0.645. The Hall–Kier alpha value is -3.32. The van der Waals surface area contributed by atoms with Crippen LogP contribution in [0.5, 0.6) is 0 Å². The molecule has 0 aromatic heterocycles. The van der Waals surface area contributed by atoms with Crippen LogP contribution in [0.15, 0.2) is 30.3 Å². The van der Waals surface area contributed by atoms with Crippen LogP contribution in [0.4, 0.5) is 4.79 Å². The number of thioether (sulfide) groups is 1. The smallest absolute Gasteiger partial charge is 0.407 e. The Bertz CT molecular complexity index is 1040. The van der Waals surface area contributed by atoms with Gasteiger partial charge in [-0.15, -0.1) is 0 Å². The number of amides is 4. The molecule has 248 valence electrons. The minimum atomic E-state index is -1.18. The molecule has 0 aliphatic rings. The van der Waals surface area contributed by atoms with Crippen molar-refractivity contribution in [1.29, 1.82) is 0 Å². The topological polar surface area (TPSA) is 189 Å². The number of ether oxygens (including phenoxy) is 1. The molecule has 13 heteroatoms. The molecule has 0 spiro atoms. The predicted molar refractivity (Wildman–Crippen MR) is 172 cm³/mol. The SMILES string of the molecule is CSCCC(NC(=O)OCC(C)C)C(=O)NC(CC(C)C)C(=O)NC(Cc1ccccc1)C(=O)NC(CCCCN)C(=O)O. The Labute approximate surface area is 265 Å². The van der Waals surface area contributed by atoms with Gasteiger partial charge in [0.25, 0.3) is 0 Å². The van der Waals surface area contributed by atoms with E-state index < -0.39 is 54.0 Å². The summed E-state index contributed by atoms with van der Waals surface area (Å²) in [4.78, 5) is 64.6. The minimum Gasteiger partial charge on any atom is -0.480 e. The molecule has 0 fully saturated rings. The Morgan fingerprint density at radius 2 is 1.39 bits per heavy atom. The second-order valence-electron chi connectivity index (χ2n) is 11.6. The molecule has 4 amide bonds. The first-order valence-electron chi connectivity index (χ1n) is 15.2. The van der Waals surface area contributed by atoms with Crippen LogP contribution in [0, 0.1) is 11.8 Å². The lowest BCUT2D eigenvalue weighted by molar-refractivity contribution is -0.142. The number of aliphatic carboxylic acids is 1. The number of nitrogens with one attached hydrogen (secondary N) is 4. The normalized spacial score (nSPS) is 13.8. The average molecular weight is 638 g/mol. The van der Waals surface area contributed by atoms with Crippen molar-refractivity contribution in [3.8, 4) is 0 Å². The van der Waals surface area contributed by atoms with Gasteiger partial charge in [0.15, 0.2) is 0 Å². The maximum atomic E-state index is 13.6. The highest BCUT2D eigenvalue weighted by atomic mass is 32.2. The Balaban J connectivity index is 3.16. The molecule has 12 nitrogen and oxygen atoms in total. The molecule has 0 saturated carbocycles. The molecule has 0 bridgehead atoms. The molecule has 0 aliphatic carbocycles. The van der Waals surface area contributed by atoms with Gasteiger partial charge in [0.2, 0.25) is 17.7 Å². The third-order valence-electron chi connectivity index (χ3n) is 6.58. The number of rotatable bonds is 21. The molecule has 4 unspecified atom stereocenters. The van der Waals surface area contributed by atoms with Gasteiger partial charge in [0, 0.05) is 6.42 Å². The highest BCUT2D eigenvalue weighted by molar-refractivity contribution is 7.98. The highest BCUT2D eigenvalue weighted by Gasteiger charge is 2.32. The van der Waals surface area contributed by atoms with Crippen LogP contribution >= 0.6 is 11.8 Å². The van der Waals surface area contributed by atoms with Crippen LogP contribution in [0.25, 0.3) is 0 Å². The molecule has 0 aliphatic heterocycles. The molecule has 0 heterocycles. The number of alkyl carbamates (subject to hydrolysis) is 1. The van der Waals surface area contributed by atoms with Crippen LogP contribution < -0.4 is 27.0 Å². The first-order valence-corrected chi connectivity index (χ1v) is 16.6. The summed E-state index contributed by atoms with van der Waals surface area (Å²) in [5, 5.41) is 20.3. The number of carbonyl (C=O) groups is 5. The number of unbranched alkanes of at least 4 members (excludes halogenated alkanes) is 1. The van der Waals surface area contributed by atoms with E-state index in [9.17, 15) is 29.1 Å². The van der Waals surface area contributed by atoms with Crippen LogP contribution in [-0.2, 0) is 30.3 Å². The van der Waals surface area contributed by atoms with Gasteiger partial charge in [-0.3, -0.25) is 14.4 Å². The Kier molecular flexibility index (Phi) is 18.8. The monoisotopic (exact) mass is 637 g/mol. The van der Waals surface area contributed by atoms with Gasteiger partial charge in [-0.2, -0.15) is 11.8 Å². The van der Waals surface area contributed by atoms with Crippen molar-refractivity contribution in [1.82, 2.24) is 21.3 Å².